The van der Waals surface area contributed by atoms with E-state index in [1.54, 1.807) is 11.3 Å². The standard InChI is InChI=1S/C22H18N2OS/c1-2-17-13-19-21(26-17)23-20-16(10-11-24(20)22(19)25)12-15-8-5-7-14-6-3-4-9-18(14)15/h3-9,12-13H,2,10-11H2,1H3. The first-order chi connectivity index (χ1) is 12.7. The van der Waals surface area contributed by atoms with Gasteiger partial charge >= 0.3 is 0 Å². The van der Waals surface area contributed by atoms with Gasteiger partial charge in [-0.2, -0.15) is 0 Å². The molecule has 4 aromatic rings. The summed E-state index contributed by atoms with van der Waals surface area (Å²) >= 11 is 1.64. The second-order valence-corrected chi connectivity index (χ2v) is 7.78. The Bertz CT molecular complexity index is 1240. The number of nitrogens with zero attached hydrogens (tertiary/aromatic N) is 2. The Kier molecular flexibility index (Phi) is 3.54. The number of allylic oxidation sites excluding steroid dienone is 1. The fourth-order valence-corrected chi connectivity index (χ4v) is 4.70. The molecule has 0 bridgehead atoms. The van der Waals surface area contributed by atoms with Crippen LogP contribution >= 0.6 is 11.3 Å². The van der Waals surface area contributed by atoms with E-state index in [9.17, 15) is 4.79 Å². The number of benzene rings is 2. The van der Waals surface area contributed by atoms with Crippen molar-refractivity contribution in [1.82, 2.24) is 9.55 Å². The van der Waals surface area contributed by atoms with E-state index >= 15 is 0 Å². The van der Waals surface area contributed by atoms with Crippen LogP contribution < -0.4 is 5.56 Å². The molecule has 26 heavy (non-hydrogen) atoms. The van der Waals surface area contributed by atoms with Gasteiger partial charge in [-0.15, -0.1) is 11.3 Å². The topological polar surface area (TPSA) is 34.9 Å². The highest BCUT2D eigenvalue weighted by molar-refractivity contribution is 7.18. The maximum Gasteiger partial charge on any atom is 0.262 e. The van der Waals surface area contributed by atoms with Crippen LogP contribution in [0.2, 0.25) is 0 Å². The summed E-state index contributed by atoms with van der Waals surface area (Å²) in [4.78, 5) is 19.8. The summed E-state index contributed by atoms with van der Waals surface area (Å²) in [5.74, 6) is 0.833. The van der Waals surface area contributed by atoms with Gasteiger partial charge in [0.1, 0.15) is 10.7 Å². The lowest BCUT2D eigenvalue weighted by Gasteiger charge is -2.05. The summed E-state index contributed by atoms with van der Waals surface area (Å²) in [6.45, 7) is 2.83. The average molecular weight is 358 g/mol. The zero-order chi connectivity index (χ0) is 17.7. The van der Waals surface area contributed by atoms with E-state index in [2.05, 4.69) is 55.5 Å². The monoisotopic (exact) mass is 358 g/mol. The second kappa shape index (κ2) is 5.92. The summed E-state index contributed by atoms with van der Waals surface area (Å²) in [6, 6.07) is 16.8. The number of thiophene rings is 1. The van der Waals surface area contributed by atoms with Gasteiger partial charge in [0.05, 0.1) is 5.39 Å². The lowest BCUT2D eigenvalue weighted by molar-refractivity contribution is 0.726. The predicted octanol–water partition coefficient (Wildman–Crippen LogP) is 5.12. The van der Waals surface area contributed by atoms with Gasteiger partial charge in [0.25, 0.3) is 5.56 Å². The highest BCUT2D eigenvalue weighted by Gasteiger charge is 2.22. The maximum absolute atomic E-state index is 12.9. The fraction of sp³-hybridized carbons (Fsp3) is 0.182. The quantitative estimate of drug-likeness (QED) is 0.499. The van der Waals surface area contributed by atoms with Crippen molar-refractivity contribution < 1.29 is 0 Å². The Morgan fingerprint density at radius 1 is 1.15 bits per heavy atom. The molecule has 3 nitrogen and oxygen atoms in total. The Hall–Kier alpha value is -2.72. The van der Waals surface area contributed by atoms with Crippen molar-refractivity contribution >= 4 is 44.0 Å². The number of rotatable bonds is 2. The van der Waals surface area contributed by atoms with Crippen LogP contribution in [-0.4, -0.2) is 9.55 Å². The van der Waals surface area contributed by atoms with E-state index in [0.717, 1.165) is 34.5 Å². The van der Waals surface area contributed by atoms with Crippen LogP contribution in [-0.2, 0) is 13.0 Å². The SMILES string of the molecule is CCc1cc2c(=O)n3c(nc2s1)C(=Cc1cccc2ccccc12)CC3. The van der Waals surface area contributed by atoms with E-state index in [-0.39, 0.29) is 5.56 Å². The molecule has 1 aliphatic rings. The predicted molar refractivity (Wildman–Crippen MR) is 110 cm³/mol. The van der Waals surface area contributed by atoms with Crippen molar-refractivity contribution in [3.8, 4) is 0 Å². The average Bonchev–Trinajstić information content (AvgIpc) is 3.27. The third-order valence-corrected chi connectivity index (χ3v) is 6.27. The van der Waals surface area contributed by atoms with Gasteiger partial charge in [0, 0.05) is 11.4 Å². The van der Waals surface area contributed by atoms with Crippen LogP contribution in [0.15, 0.2) is 53.3 Å². The first kappa shape index (κ1) is 15.5. The normalized spacial score (nSPS) is 15.2. The molecule has 0 amide bonds. The zero-order valence-corrected chi connectivity index (χ0v) is 15.3. The van der Waals surface area contributed by atoms with Crippen LogP contribution in [0.5, 0.6) is 0 Å². The van der Waals surface area contributed by atoms with E-state index in [0.29, 0.717) is 6.54 Å². The van der Waals surface area contributed by atoms with E-state index in [4.69, 9.17) is 4.98 Å². The molecule has 0 N–H and O–H groups in total. The van der Waals surface area contributed by atoms with Crippen LogP contribution in [0, 0.1) is 0 Å². The van der Waals surface area contributed by atoms with Crippen LogP contribution in [0.3, 0.4) is 0 Å². The van der Waals surface area contributed by atoms with Crippen LogP contribution in [0.4, 0.5) is 0 Å². The van der Waals surface area contributed by atoms with Crippen molar-refractivity contribution in [2.24, 2.45) is 0 Å². The van der Waals surface area contributed by atoms with Gasteiger partial charge in [0.2, 0.25) is 0 Å². The van der Waals surface area contributed by atoms with Gasteiger partial charge in [-0.3, -0.25) is 9.36 Å². The number of hydrogen-bond donors (Lipinski definition) is 0. The van der Waals surface area contributed by atoms with Gasteiger partial charge in [-0.05, 0) is 46.9 Å². The molecule has 0 fully saturated rings. The van der Waals surface area contributed by atoms with Gasteiger partial charge in [0.15, 0.2) is 0 Å². The van der Waals surface area contributed by atoms with Crippen molar-refractivity contribution in [2.75, 3.05) is 0 Å². The number of fused-ring (bicyclic) bond motifs is 3. The van der Waals surface area contributed by atoms with Gasteiger partial charge in [-0.1, -0.05) is 49.4 Å². The molecule has 0 unspecified atom stereocenters. The summed E-state index contributed by atoms with van der Waals surface area (Å²) < 4.78 is 1.84. The number of hydrogen-bond acceptors (Lipinski definition) is 3. The molecule has 0 saturated carbocycles. The molecular weight excluding hydrogens is 340 g/mol. The molecule has 128 valence electrons. The van der Waals surface area contributed by atoms with Gasteiger partial charge < -0.3 is 0 Å². The summed E-state index contributed by atoms with van der Waals surface area (Å²) in [6.07, 6.45) is 3.99. The lowest BCUT2D eigenvalue weighted by Crippen LogP contribution is -2.19. The zero-order valence-electron chi connectivity index (χ0n) is 14.5. The second-order valence-electron chi connectivity index (χ2n) is 6.67. The van der Waals surface area contributed by atoms with E-state index in [1.807, 2.05) is 10.6 Å². The maximum atomic E-state index is 12.9. The molecule has 0 saturated heterocycles. The Labute approximate surface area is 155 Å². The molecule has 0 aliphatic carbocycles. The van der Waals surface area contributed by atoms with Crippen molar-refractivity contribution in [1.29, 1.82) is 0 Å². The molecule has 5 rings (SSSR count). The minimum Gasteiger partial charge on any atom is -0.292 e. The van der Waals surface area contributed by atoms with Crippen molar-refractivity contribution in [2.45, 2.75) is 26.3 Å². The number of aromatic nitrogens is 2. The van der Waals surface area contributed by atoms with E-state index in [1.165, 1.54) is 21.2 Å². The molecular formula is C22H18N2OS. The Morgan fingerprint density at radius 2 is 2.00 bits per heavy atom. The molecule has 3 heterocycles. The smallest absolute Gasteiger partial charge is 0.262 e. The highest BCUT2D eigenvalue weighted by Crippen LogP contribution is 2.31. The molecule has 2 aromatic heterocycles. The molecule has 0 atom stereocenters. The molecule has 4 heteroatoms. The minimum absolute atomic E-state index is 0.0993. The Balaban J connectivity index is 1.71. The third kappa shape index (κ3) is 2.33. The summed E-state index contributed by atoms with van der Waals surface area (Å²) in [7, 11) is 0. The minimum atomic E-state index is 0.0993. The van der Waals surface area contributed by atoms with Crippen molar-refractivity contribution in [3.63, 3.8) is 0 Å². The largest absolute Gasteiger partial charge is 0.292 e. The van der Waals surface area contributed by atoms with Crippen LogP contribution in [0.1, 0.15) is 29.6 Å². The molecule has 0 spiro atoms. The molecule has 0 radical (unpaired) electrons. The highest BCUT2D eigenvalue weighted by atomic mass is 32.1. The fourth-order valence-electron chi connectivity index (χ4n) is 3.74. The first-order valence-corrected chi connectivity index (χ1v) is 9.78. The van der Waals surface area contributed by atoms with Crippen molar-refractivity contribution in [3.05, 3.63) is 75.1 Å². The van der Waals surface area contributed by atoms with E-state index < -0.39 is 0 Å². The Morgan fingerprint density at radius 3 is 2.88 bits per heavy atom. The number of aryl methyl sites for hydroxylation is 1. The molecule has 2 aromatic carbocycles. The summed E-state index contributed by atoms with van der Waals surface area (Å²) in [5.41, 5.74) is 2.43. The first-order valence-electron chi connectivity index (χ1n) is 8.96. The summed E-state index contributed by atoms with van der Waals surface area (Å²) in [5, 5.41) is 3.22. The van der Waals surface area contributed by atoms with Gasteiger partial charge in [-0.25, -0.2) is 4.98 Å². The van der Waals surface area contributed by atoms with Crippen LogP contribution in [0.25, 0.3) is 32.6 Å². The third-order valence-electron chi connectivity index (χ3n) is 5.10. The lowest BCUT2D eigenvalue weighted by atomic mass is 10.0. The molecule has 1 aliphatic heterocycles.